The minimum absolute atomic E-state index is 0.220. The molecule has 0 bridgehead atoms. The van der Waals surface area contributed by atoms with E-state index in [1.807, 2.05) is 25.1 Å². The van der Waals surface area contributed by atoms with E-state index < -0.39 is 0 Å². The van der Waals surface area contributed by atoms with E-state index in [0.717, 1.165) is 18.4 Å². The molecule has 68 valence electrons. The lowest BCUT2D eigenvalue weighted by atomic mass is 10.0. The van der Waals surface area contributed by atoms with Crippen LogP contribution in [0.4, 0.5) is 5.69 Å². The number of anilines is 1. The van der Waals surface area contributed by atoms with Gasteiger partial charge in [0.15, 0.2) is 5.78 Å². The smallest absolute Gasteiger partial charge is 0.168 e. The summed E-state index contributed by atoms with van der Waals surface area (Å²) in [4.78, 5) is 11.7. The van der Waals surface area contributed by atoms with Crippen molar-refractivity contribution < 1.29 is 4.79 Å². The Kier molecular flexibility index (Phi) is 1.83. The molecule has 0 saturated heterocycles. The molecule has 0 radical (unpaired) electrons. The highest BCUT2D eigenvalue weighted by Crippen LogP contribution is 2.34. The third kappa shape index (κ3) is 1.57. The van der Waals surface area contributed by atoms with E-state index in [4.69, 9.17) is 5.73 Å². The zero-order chi connectivity index (χ0) is 9.42. The van der Waals surface area contributed by atoms with Gasteiger partial charge in [0.2, 0.25) is 0 Å². The quantitative estimate of drug-likeness (QED) is 0.553. The van der Waals surface area contributed by atoms with Gasteiger partial charge in [0.25, 0.3) is 0 Å². The first-order chi connectivity index (χ1) is 6.18. The molecule has 2 heteroatoms. The second kappa shape index (κ2) is 2.87. The van der Waals surface area contributed by atoms with Crippen LogP contribution in [0.5, 0.6) is 0 Å². The number of ketones is 1. The van der Waals surface area contributed by atoms with E-state index in [0.29, 0.717) is 11.3 Å². The fourth-order valence-corrected chi connectivity index (χ4v) is 1.47. The number of rotatable bonds is 2. The lowest BCUT2D eigenvalue weighted by Crippen LogP contribution is -2.05. The fraction of sp³-hybridized carbons (Fsp3) is 0.364. The number of hydrogen-bond acceptors (Lipinski definition) is 2. The molecule has 0 heterocycles. The number of aryl methyl sites for hydroxylation is 1. The van der Waals surface area contributed by atoms with Gasteiger partial charge in [-0.2, -0.15) is 0 Å². The zero-order valence-corrected chi connectivity index (χ0v) is 7.71. The molecule has 2 N–H and O–H groups in total. The Labute approximate surface area is 77.8 Å². The second-order valence-electron chi connectivity index (χ2n) is 3.73. The lowest BCUT2D eigenvalue weighted by Gasteiger charge is -2.04. The summed E-state index contributed by atoms with van der Waals surface area (Å²) in [5.74, 6) is 0.475. The number of carbonyl (C=O) groups is 1. The molecule has 1 aliphatic carbocycles. The molecular formula is C11H13NO. The van der Waals surface area contributed by atoms with Crippen molar-refractivity contribution in [3.05, 3.63) is 29.3 Å². The summed E-state index contributed by atoms with van der Waals surface area (Å²) in [6, 6.07) is 5.63. The highest BCUT2D eigenvalue weighted by atomic mass is 16.1. The number of benzene rings is 1. The molecule has 0 unspecified atom stereocenters. The van der Waals surface area contributed by atoms with Crippen LogP contribution in [0.2, 0.25) is 0 Å². The van der Waals surface area contributed by atoms with Gasteiger partial charge in [0.05, 0.1) is 0 Å². The number of nitrogens with two attached hydrogens (primary N) is 1. The van der Waals surface area contributed by atoms with Gasteiger partial charge in [0, 0.05) is 17.2 Å². The monoisotopic (exact) mass is 175 g/mol. The minimum atomic E-state index is 0.220. The molecule has 1 saturated carbocycles. The van der Waals surface area contributed by atoms with Crippen molar-refractivity contribution in [2.24, 2.45) is 5.92 Å². The van der Waals surface area contributed by atoms with Gasteiger partial charge >= 0.3 is 0 Å². The van der Waals surface area contributed by atoms with Gasteiger partial charge in [-0.3, -0.25) is 4.79 Å². The first-order valence-corrected chi connectivity index (χ1v) is 4.59. The van der Waals surface area contributed by atoms with Crippen LogP contribution in [0.25, 0.3) is 0 Å². The van der Waals surface area contributed by atoms with Crippen LogP contribution in [-0.4, -0.2) is 5.78 Å². The van der Waals surface area contributed by atoms with Crippen molar-refractivity contribution in [3.63, 3.8) is 0 Å². The van der Waals surface area contributed by atoms with E-state index in [9.17, 15) is 4.79 Å². The molecule has 1 aromatic rings. The van der Waals surface area contributed by atoms with Crippen LogP contribution in [0.3, 0.4) is 0 Å². The van der Waals surface area contributed by atoms with Gasteiger partial charge in [-0.05, 0) is 37.5 Å². The highest BCUT2D eigenvalue weighted by molar-refractivity contribution is 6.03. The maximum Gasteiger partial charge on any atom is 0.168 e. The van der Waals surface area contributed by atoms with E-state index in [2.05, 4.69) is 0 Å². The molecule has 0 atom stereocenters. The SMILES string of the molecule is Cc1ccc(C(=O)C2CC2)c(N)c1. The van der Waals surface area contributed by atoms with Crippen molar-refractivity contribution in [1.29, 1.82) is 0 Å². The van der Waals surface area contributed by atoms with Crippen molar-refractivity contribution >= 4 is 11.5 Å². The summed E-state index contributed by atoms with van der Waals surface area (Å²) in [6.07, 6.45) is 2.07. The zero-order valence-electron chi connectivity index (χ0n) is 7.71. The molecule has 0 amide bonds. The first-order valence-electron chi connectivity index (χ1n) is 4.59. The van der Waals surface area contributed by atoms with Crippen LogP contribution in [0.15, 0.2) is 18.2 Å². The average Bonchev–Trinajstić information content (AvgIpc) is 2.85. The largest absolute Gasteiger partial charge is 0.398 e. The van der Waals surface area contributed by atoms with Crippen molar-refractivity contribution in [2.75, 3.05) is 5.73 Å². The van der Waals surface area contributed by atoms with Crippen LogP contribution in [-0.2, 0) is 0 Å². The van der Waals surface area contributed by atoms with Crippen molar-refractivity contribution in [3.8, 4) is 0 Å². The van der Waals surface area contributed by atoms with E-state index in [-0.39, 0.29) is 11.7 Å². The predicted octanol–water partition coefficient (Wildman–Crippen LogP) is 2.17. The summed E-state index contributed by atoms with van der Waals surface area (Å²) in [7, 11) is 0. The van der Waals surface area contributed by atoms with Crippen LogP contribution in [0, 0.1) is 12.8 Å². The predicted molar refractivity (Wildman–Crippen MR) is 52.6 cm³/mol. The van der Waals surface area contributed by atoms with Gasteiger partial charge in [0.1, 0.15) is 0 Å². The summed E-state index contributed by atoms with van der Waals surface area (Å²) < 4.78 is 0. The van der Waals surface area contributed by atoms with Crippen LogP contribution in [0.1, 0.15) is 28.8 Å². The summed E-state index contributed by atoms with van der Waals surface area (Å²) in [5.41, 5.74) is 8.19. The molecule has 2 rings (SSSR count). The van der Waals surface area contributed by atoms with Gasteiger partial charge in [-0.1, -0.05) is 6.07 Å². The minimum Gasteiger partial charge on any atom is -0.398 e. The Balaban J connectivity index is 2.33. The van der Waals surface area contributed by atoms with Crippen molar-refractivity contribution in [2.45, 2.75) is 19.8 Å². The maximum atomic E-state index is 11.7. The molecule has 1 fully saturated rings. The molecule has 0 aromatic heterocycles. The Morgan fingerprint density at radius 3 is 2.69 bits per heavy atom. The van der Waals surface area contributed by atoms with Gasteiger partial charge < -0.3 is 5.73 Å². The third-order valence-corrected chi connectivity index (χ3v) is 2.42. The topological polar surface area (TPSA) is 43.1 Å². The normalized spacial score (nSPS) is 15.8. The van der Waals surface area contributed by atoms with E-state index in [1.165, 1.54) is 0 Å². The standard InChI is InChI=1S/C11H13NO/c1-7-2-5-9(10(12)6-7)11(13)8-3-4-8/h2,5-6,8H,3-4,12H2,1H3. The Hall–Kier alpha value is -1.31. The van der Waals surface area contributed by atoms with Crippen molar-refractivity contribution in [1.82, 2.24) is 0 Å². The first kappa shape index (κ1) is 8.30. The summed E-state index contributed by atoms with van der Waals surface area (Å²) in [5, 5.41) is 0. The molecule has 1 aromatic carbocycles. The number of nitrogen functional groups attached to an aromatic ring is 1. The number of Topliss-reactive ketones (excluding diaryl/α,β-unsaturated/α-hetero) is 1. The number of hydrogen-bond donors (Lipinski definition) is 1. The molecule has 0 aliphatic heterocycles. The second-order valence-corrected chi connectivity index (χ2v) is 3.73. The molecule has 2 nitrogen and oxygen atoms in total. The lowest BCUT2D eigenvalue weighted by molar-refractivity contribution is 0.0968. The highest BCUT2D eigenvalue weighted by Gasteiger charge is 2.31. The van der Waals surface area contributed by atoms with E-state index in [1.54, 1.807) is 0 Å². The van der Waals surface area contributed by atoms with Crippen LogP contribution < -0.4 is 5.73 Å². The number of carbonyl (C=O) groups excluding carboxylic acids is 1. The molecule has 13 heavy (non-hydrogen) atoms. The summed E-state index contributed by atoms with van der Waals surface area (Å²) in [6.45, 7) is 1.97. The Morgan fingerprint density at radius 1 is 1.46 bits per heavy atom. The molecular weight excluding hydrogens is 162 g/mol. The van der Waals surface area contributed by atoms with Gasteiger partial charge in [-0.15, -0.1) is 0 Å². The van der Waals surface area contributed by atoms with E-state index >= 15 is 0 Å². The Morgan fingerprint density at radius 2 is 2.15 bits per heavy atom. The average molecular weight is 175 g/mol. The maximum absolute atomic E-state index is 11.7. The molecule has 0 spiro atoms. The van der Waals surface area contributed by atoms with Crippen LogP contribution >= 0.6 is 0 Å². The third-order valence-electron chi connectivity index (χ3n) is 2.42. The van der Waals surface area contributed by atoms with Gasteiger partial charge in [-0.25, -0.2) is 0 Å². The summed E-state index contributed by atoms with van der Waals surface area (Å²) >= 11 is 0. The molecule has 1 aliphatic rings. The Bertz CT molecular complexity index is 353. The fourth-order valence-electron chi connectivity index (χ4n) is 1.47.